The number of hydrogen-bond donors (Lipinski definition) is 1. The van der Waals surface area contributed by atoms with Gasteiger partial charge in [-0.1, -0.05) is 0 Å². The second kappa shape index (κ2) is 2.87. The molecule has 0 unspecified atom stereocenters. The van der Waals surface area contributed by atoms with Crippen LogP contribution < -0.4 is 5.73 Å². The first kappa shape index (κ1) is 6.62. The predicted octanol–water partition coefficient (Wildman–Crippen LogP) is 0.379. The zero-order chi connectivity index (χ0) is 7.40. The number of nitrogens with two attached hydrogens (primary N) is 1. The van der Waals surface area contributed by atoms with Crippen LogP contribution in [-0.2, 0) is 6.54 Å². The monoisotopic (exact) mass is 136 g/mol. The molecule has 1 aromatic heterocycles. The normalized spacial score (nSPS) is 9.10. The van der Waals surface area contributed by atoms with E-state index in [-0.39, 0.29) is 0 Å². The highest BCUT2D eigenvalue weighted by Gasteiger charge is 1.91. The van der Waals surface area contributed by atoms with Crippen molar-refractivity contribution in [3.8, 4) is 6.07 Å². The molecule has 0 aliphatic heterocycles. The first-order valence-corrected chi connectivity index (χ1v) is 2.99. The molecule has 0 spiro atoms. The van der Waals surface area contributed by atoms with Gasteiger partial charge < -0.3 is 5.73 Å². The smallest absolute Gasteiger partial charge is 0.145 e. The van der Waals surface area contributed by atoms with Crippen LogP contribution in [0.2, 0.25) is 0 Å². The fourth-order valence-electron chi connectivity index (χ4n) is 0.666. The van der Waals surface area contributed by atoms with Gasteiger partial charge in [0.05, 0.1) is 19.0 Å². The molecule has 0 radical (unpaired) electrons. The van der Waals surface area contributed by atoms with E-state index in [1.165, 1.54) is 0 Å². The molecule has 0 aliphatic carbocycles. The van der Waals surface area contributed by atoms with Gasteiger partial charge in [-0.15, -0.1) is 0 Å². The molecule has 1 heterocycles. The largest absolute Gasteiger partial charge is 0.382 e. The van der Waals surface area contributed by atoms with E-state index < -0.39 is 0 Å². The Morgan fingerprint density at radius 2 is 2.60 bits per heavy atom. The van der Waals surface area contributed by atoms with Crippen molar-refractivity contribution in [1.82, 2.24) is 9.78 Å². The minimum atomic E-state index is 0.473. The Kier molecular flexibility index (Phi) is 1.90. The van der Waals surface area contributed by atoms with E-state index >= 15 is 0 Å². The van der Waals surface area contributed by atoms with Crippen molar-refractivity contribution in [3.05, 3.63) is 12.3 Å². The van der Waals surface area contributed by atoms with Crippen LogP contribution in [0.5, 0.6) is 0 Å². The SMILES string of the molecule is N#CCCn1ccc(N)n1. The minimum absolute atomic E-state index is 0.473. The summed E-state index contributed by atoms with van der Waals surface area (Å²) in [5.41, 5.74) is 5.34. The molecular formula is C6H8N4. The van der Waals surface area contributed by atoms with Crippen molar-refractivity contribution in [2.45, 2.75) is 13.0 Å². The molecule has 0 aromatic carbocycles. The van der Waals surface area contributed by atoms with Crippen molar-refractivity contribution in [2.75, 3.05) is 5.73 Å². The van der Waals surface area contributed by atoms with Crippen molar-refractivity contribution in [2.24, 2.45) is 0 Å². The molecule has 0 bridgehead atoms. The number of hydrogen-bond acceptors (Lipinski definition) is 3. The number of aromatic nitrogens is 2. The number of rotatable bonds is 2. The van der Waals surface area contributed by atoms with Crippen LogP contribution in [0.15, 0.2) is 12.3 Å². The van der Waals surface area contributed by atoms with Crippen LogP contribution in [-0.4, -0.2) is 9.78 Å². The van der Waals surface area contributed by atoms with Gasteiger partial charge in [0.15, 0.2) is 0 Å². The molecule has 4 heteroatoms. The van der Waals surface area contributed by atoms with Crippen LogP contribution in [0.25, 0.3) is 0 Å². The number of nitriles is 1. The summed E-state index contributed by atoms with van der Waals surface area (Å²) >= 11 is 0. The summed E-state index contributed by atoms with van der Waals surface area (Å²) in [5.74, 6) is 0.498. The third kappa shape index (κ3) is 1.49. The Labute approximate surface area is 58.9 Å². The van der Waals surface area contributed by atoms with E-state index in [9.17, 15) is 0 Å². The summed E-state index contributed by atoms with van der Waals surface area (Å²) in [6.45, 7) is 0.619. The topological polar surface area (TPSA) is 67.6 Å². The van der Waals surface area contributed by atoms with Gasteiger partial charge in [0.1, 0.15) is 5.82 Å². The molecule has 4 nitrogen and oxygen atoms in total. The maximum absolute atomic E-state index is 8.21. The molecule has 2 N–H and O–H groups in total. The average Bonchev–Trinajstić information content (AvgIpc) is 2.31. The molecule has 1 rings (SSSR count). The molecule has 0 atom stereocenters. The van der Waals surface area contributed by atoms with Gasteiger partial charge in [0, 0.05) is 6.20 Å². The van der Waals surface area contributed by atoms with E-state index in [4.69, 9.17) is 11.0 Å². The molecule has 0 saturated heterocycles. The third-order valence-corrected chi connectivity index (χ3v) is 1.11. The lowest BCUT2D eigenvalue weighted by molar-refractivity contribution is 0.630. The first-order valence-electron chi connectivity index (χ1n) is 2.99. The lowest BCUT2D eigenvalue weighted by Gasteiger charge is -1.92. The Hall–Kier alpha value is -1.50. The van der Waals surface area contributed by atoms with Crippen molar-refractivity contribution in [1.29, 1.82) is 5.26 Å². The molecule has 0 aliphatic rings. The average molecular weight is 136 g/mol. The van der Waals surface area contributed by atoms with Crippen molar-refractivity contribution >= 4 is 5.82 Å². The van der Waals surface area contributed by atoms with E-state index in [1.54, 1.807) is 16.9 Å². The Morgan fingerprint density at radius 3 is 3.10 bits per heavy atom. The summed E-state index contributed by atoms with van der Waals surface area (Å²) in [6.07, 6.45) is 2.23. The van der Waals surface area contributed by atoms with E-state index in [2.05, 4.69) is 5.10 Å². The van der Waals surface area contributed by atoms with Gasteiger partial charge in [-0.25, -0.2) is 0 Å². The Morgan fingerprint density at radius 1 is 1.80 bits per heavy atom. The van der Waals surface area contributed by atoms with Crippen molar-refractivity contribution in [3.63, 3.8) is 0 Å². The van der Waals surface area contributed by atoms with E-state index in [0.717, 1.165) is 0 Å². The predicted molar refractivity (Wildman–Crippen MR) is 36.9 cm³/mol. The zero-order valence-corrected chi connectivity index (χ0v) is 5.49. The van der Waals surface area contributed by atoms with Gasteiger partial charge in [0.2, 0.25) is 0 Å². The maximum atomic E-state index is 8.21. The maximum Gasteiger partial charge on any atom is 0.145 e. The van der Waals surface area contributed by atoms with Crippen LogP contribution in [0, 0.1) is 11.3 Å². The molecule has 10 heavy (non-hydrogen) atoms. The number of anilines is 1. The summed E-state index contributed by atoms with van der Waals surface area (Å²) in [4.78, 5) is 0. The minimum Gasteiger partial charge on any atom is -0.382 e. The van der Waals surface area contributed by atoms with Gasteiger partial charge in [-0.3, -0.25) is 4.68 Å². The van der Waals surface area contributed by atoms with Gasteiger partial charge in [0.25, 0.3) is 0 Å². The molecule has 0 saturated carbocycles. The lowest BCUT2D eigenvalue weighted by atomic mass is 10.5. The Balaban J connectivity index is 2.52. The van der Waals surface area contributed by atoms with Gasteiger partial charge in [-0.05, 0) is 6.07 Å². The quantitative estimate of drug-likeness (QED) is 0.639. The highest BCUT2D eigenvalue weighted by Crippen LogP contribution is 1.95. The van der Waals surface area contributed by atoms with E-state index in [1.807, 2.05) is 6.07 Å². The van der Waals surface area contributed by atoms with Crippen LogP contribution in [0.4, 0.5) is 5.82 Å². The summed E-state index contributed by atoms with van der Waals surface area (Å²) in [5, 5.41) is 12.1. The highest BCUT2D eigenvalue weighted by atomic mass is 15.3. The van der Waals surface area contributed by atoms with Crippen molar-refractivity contribution < 1.29 is 0 Å². The van der Waals surface area contributed by atoms with E-state index in [0.29, 0.717) is 18.8 Å². The van der Waals surface area contributed by atoms with Gasteiger partial charge in [-0.2, -0.15) is 10.4 Å². The van der Waals surface area contributed by atoms with Crippen LogP contribution in [0.1, 0.15) is 6.42 Å². The van der Waals surface area contributed by atoms with Crippen LogP contribution >= 0.6 is 0 Å². The number of nitrogen functional groups attached to an aromatic ring is 1. The molecule has 52 valence electrons. The Bertz CT molecular complexity index is 244. The summed E-state index contributed by atoms with van der Waals surface area (Å²) in [7, 11) is 0. The fourth-order valence-corrected chi connectivity index (χ4v) is 0.666. The fraction of sp³-hybridized carbons (Fsp3) is 0.333. The second-order valence-corrected chi connectivity index (χ2v) is 1.91. The third-order valence-electron chi connectivity index (χ3n) is 1.11. The second-order valence-electron chi connectivity index (χ2n) is 1.91. The molecule has 1 aromatic rings. The number of aryl methyl sites for hydroxylation is 1. The van der Waals surface area contributed by atoms with Gasteiger partial charge >= 0.3 is 0 Å². The summed E-state index contributed by atoms with van der Waals surface area (Å²) in [6, 6.07) is 3.73. The summed E-state index contributed by atoms with van der Waals surface area (Å²) < 4.78 is 1.65. The molecule has 0 fully saturated rings. The first-order chi connectivity index (χ1) is 4.83. The number of nitrogens with zero attached hydrogens (tertiary/aromatic N) is 3. The standard InChI is InChI=1S/C6H8N4/c7-3-1-4-10-5-2-6(8)9-10/h2,5H,1,4H2,(H2,8,9). The highest BCUT2D eigenvalue weighted by molar-refractivity contribution is 5.23. The molecule has 0 amide bonds. The lowest BCUT2D eigenvalue weighted by Crippen LogP contribution is -1.98. The van der Waals surface area contributed by atoms with Crippen LogP contribution in [0.3, 0.4) is 0 Å². The zero-order valence-electron chi connectivity index (χ0n) is 5.49. The molecular weight excluding hydrogens is 128 g/mol.